The Kier molecular flexibility index (Phi) is 2.69. The number of nitrogens with zero attached hydrogens (tertiary/aromatic N) is 1. The van der Waals surface area contributed by atoms with E-state index in [2.05, 4.69) is 31.0 Å². The third kappa shape index (κ3) is 1.50. The zero-order valence-electron chi connectivity index (χ0n) is 7.22. The van der Waals surface area contributed by atoms with Crippen LogP contribution in [0, 0.1) is 0 Å². The number of hydrogen-bond donors (Lipinski definition) is 1. The van der Waals surface area contributed by atoms with Gasteiger partial charge in [0, 0.05) is 25.2 Å². The second-order valence-corrected chi connectivity index (χ2v) is 3.11. The van der Waals surface area contributed by atoms with Gasteiger partial charge < -0.3 is 5.32 Å². The molecule has 2 unspecified atom stereocenters. The third-order valence-corrected chi connectivity index (χ3v) is 2.57. The molecule has 1 heterocycles. The standard InChI is InChI=1S/C8H18N2/c1-4-10-6-5-9-7(2)8(10)3/h7-9H,4-6H2,1-3H3. The van der Waals surface area contributed by atoms with Gasteiger partial charge in [-0.25, -0.2) is 0 Å². The van der Waals surface area contributed by atoms with E-state index in [-0.39, 0.29) is 0 Å². The average molecular weight is 142 g/mol. The van der Waals surface area contributed by atoms with Crippen molar-refractivity contribution in [1.29, 1.82) is 0 Å². The van der Waals surface area contributed by atoms with E-state index in [0.717, 1.165) is 6.54 Å². The quantitative estimate of drug-likeness (QED) is 0.579. The fourth-order valence-corrected chi connectivity index (χ4v) is 1.57. The first-order chi connectivity index (χ1) is 4.75. The zero-order valence-corrected chi connectivity index (χ0v) is 7.22. The summed E-state index contributed by atoms with van der Waals surface area (Å²) in [4.78, 5) is 2.52. The van der Waals surface area contributed by atoms with Gasteiger partial charge in [-0.15, -0.1) is 0 Å². The van der Waals surface area contributed by atoms with E-state index in [0.29, 0.717) is 12.1 Å². The van der Waals surface area contributed by atoms with Crippen molar-refractivity contribution in [3.8, 4) is 0 Å². The molecule has 1 saturated heterocycles. The van der Waals surface area contributed by atoms with Crippen molar-refractivity contribution in [3.05, 3.63) is 0 Å². The number of nitrogens with one attached hydrogen (secondary N) is 1. The first-order valence-corrected chi connectivity index (χ1v) is 4.23. The molecule has 0 aromatic rings. The lowest BCUT2D eigenvalue weighted by atomic mass is 10.1. The number of rotatable bonds is 1. The normalized spacial score (nSPS) is 36.3. The molecule has 0 amide bonds. The van der Waals surface area contributed by atoms with E-state index in [1.807, 2.05) is 0 Å². The van der Waals surface area contributed by atoms with Crippen LogP contribution >= 0.6 is 0 Å². The van der Waals surface area contributed by atoms with Crippen LogP contribution in [0.3, 0.4) is 0 Å². The molecule has 0 saturated carbocycles. The van der Waals surface area contributed by atoms with Gasteiger partial charge in [0.05, 0.1) is 0 Å². The summed E-state index contributed by atoms with van der Waals surface area (Å²) < 4.78 is 0. The molecule has 0 spiro atoms. The summed E-state index contributed by atoms with van der Waals surface area (Å²) in [7, 11) is 0. The number of likely N-dealkylation sites (N-methyl/N-ethyl adjacent to an activating group) is 1. The summed E-state index contributed by atoms with van der Waals surface area (Å²) in [6.45, 7) is 10.3. The highest BCUT2D eigenvalue weighted by molar-refractivity contribution is 4.82. The lowest BCUT2D eigenvalue weighted by Gasteiger charge is -2.37. The van der Waals surface area contributed by atoms with Gasteiger partial charge in [0.1, 0.15) is 0 Å². The predicted octanol–water partition coefficient (Wildman–Crippen LogP) is 0.689. The van der Waals surface area contributed by atoms with Crippen LogP contribution in [0.15, 0.2) is 0 Å². The Morgan fingerprint density at radius 1 is 1.50 bits per heavy atom. The first-order valence-electron chi connectivity index (χ1n) is 4.23. The molecule has 0 bridgehead atoms. The topological polar surface area (TPSA) is 15.3 Å². The fraction of sp³-hybridized carbons (Fsp3) is 1.00. The van der Waals surface area contributed by atoms with Crippen LogP contribution in [0.5, 0.6) is 0 Å². The van der Waals surface area contributed by atoms with Gasteiger partial charge in [0.2, 0.25) is 0 Å². The Morgan fingerprint density at radius 2 is 2.20 bits per heavy atom. The Balaban J connectivity index is 2.42. The second-order valence-electron chi connectivity index (χ2n) is 3.11. The molecule has 2 nitrogen and oxygen atoms in total. The van der Waals surface area contributed by atoms with Crippen molar-refractivity contribution < 1.29 is 0 Å². The molecule has 1 aliphatic heterocycles. The van der Waals surface area contributed by atoms with Crippen molar-refractivity contribution in [1.82, 2.24) is 10.2 Å². The minimum absolute atomic E-state index is 0.661. The SMILES string of the molecule is CCN1CCNC(C)C1C. The highest BCUT2D eigenvalue weighted by Gasteiger charge is 2.21. The largest absolute Gasteiger partial charge is 0.311 e. The van der Waals surface area contributed by atoms with Crippen LogP contribution in [-0.4, -0.2) is 36.6 Å². The highest BCUT2D eigenvalue weighted by Crippen LogP contribution is 2.06. The van der Waals surface area contributed by atoms with Crippen molar-refractivity contribution >= 4 is 0 Å². The molecule has 60 valence electrons. The molecular weight excluding hydrogens is 124 g/mol. The first kappa shape index (κ1) is 8.02. The minimum Gasteiger partial charge on any atom is -0.311 e. The molecule has 1 N–H and O–H groups in total. The lowest BCUT2D eigenvalue weighted by Crippen LogP contribution is -2.55. The summed E-state index contributed by atoms with van der Waals surface area (Å²) >= 11 is 0. The Bertz CT molecular complexity index is 103. The molecule has 0 radical (unpaired) electrons. The second kappa shape index (κ2) is 3.35. The van der Waals surface area contributed by atoms with E-state index in [1.165, 1.54) is 13.1 Å². The Labute approximate surface area is 63.6 Å². The molecule has 2 atom stereocenters. The van der Waals surface area contributed by atoms with Crippen LogP contribution in [0.25, 0.3) is 0 Å². The summed E-state index contributed by atoms with van der Waals surface area (Å²) in [5.41, 5.74) is 0. The predicted molar refractivity (Wildman–Crippen MR) is 44.2 cm³/mol. The number of piperazine rings is 1. The summed E-state index contributed by atoms with van der Waals surface area (Å²) in [6.07, 6.45) is 0. The summed E-state index contributed by atoms with van der Waals surface area (Å²) in [5.74, 6) is 0. The molecule has 1 aliphatic rings. The van der Waals surface area contributed by atoms with Crippen molar-refractivity contribution in [3.63, 3.8) is 0 Å². The molecule has 2 heteroatoms. The van der Waals surface area contributed by atoms with E-state index in [1.54, 1.807) is 0 Å². The van der Waals surface area contributed by atoms with Crippen LogP contribution < -0.4 is 5.32 Å². The molecule has 0 aliphatic carbocycles. The maximum absolute atomic E-state index is 3.45. The van der Waals surface area contributed by atoms with Crippen molar-refractivity contribution in [2.75, 3.05) is 19.6 Å². The monoisotopic (exact) mass is 142 g/mol. The van der Waals surface area contributed by atoms with E-state index in [9.17, 15) is 0 Å². The van der Waals surface area contributed by atoms with Gasteiger partial charge in [-0.2, -0.15) is 0 Å². The van der Waals surface area contributed by atoms with Gasteiger partial charge in [-0.05, 0) is 20.4 Å². The van der Waals surface area contributed by atoms with E-state index >= 15 is 0 Å². The maximum atomic E-state index is 3.45. The van der Waals surface area contributed by atoms with E-state index in [4.69, 9.17) is 0 Å². The van der Waals surface area contributed by atoms with E-state index < -0.39 is 0 Å². The molecule has 10 heavy (non-hydrogen) atoms. The van der Waals surface area contributed by atoms with Gasteiger partial charge in [-0.3, -0.25) is 4.90 Å². The Hall–Kier alpha value is -0.0800. The van der Waals surface area contributed by atoms with Gasteiger partial charge in [0.15, 0.2) is 0 Å². The van der Waals surface area contributed by atoms with Crippen LogP contribution in [0.1, 0.15) is 20.8 Å². The number of hydrogen-bond acceptors (Lipinski definition) is 2. The van der Waals surface area contributed by atoms with Gasteiger partial charge in [-0.1, -0.05) is 6.92 Å². The van der Waals surface area contributed by atoms with Crippen LogP contribution in [-0.2, 0) is 0 Å². The summed E-state index contributed by atoms with van der Waals surface area (Å²) in [5, 5.41) is 3.45. The minimum atomic E-state index is 0.661. The molecular formula is C8H18N2. The molecule has 0 aromatic heterocycles. The van der Waals surface area contributed by atoms with Gasteiger partial charge in [0.25, 0.3) is 0 Å². The maximum Gasteiger partial charge on any atom is 0.0218 e. The smallest absolute Gasteiger partial charge is 0.0218 e. The van der Waals surface area contributed by atoms with Gasteiger partial charge >= 0.3 is 0 Å². The van der Waals surface area contributed by atoms with Crippen molar-refractivity contribution in [2.45, 2.75) is 32.9 Å². The third-order valence-electron chi connectivity index (χ3n) is 2.57. The zero-order chi connectivity index (χ0) is 7.56. The Morgan fingerprint density at radius 3 is 2.70 bits per heavy atom. The van der Waals surface area contributed by atoms with Crippen LogP contribution in [0.2, 0.25) is 0 Å². The lowest BCUT2D eigenvalue weighted by molar-refractivity contribution is 0.146. The average Bonchev–Trinajstić information content (AvgIpc) is 1.95. The van der Waals surface area contributed by atoms with Crippen LogP contribution in [0.4, 0.5) is 0 Å². The molecule has 0 aromatic carbocycles. The summed E-state index contributed by atoms with van der Waals surface area (Å²) in [6, 6.07) is 1.37. The molecule has 1 fully saturated rings. The van der Waals surface area contributed by atoms with Crippen molar-refractivity contribution in [2.24, 2.45) is 0 Å². The highest BCUT2D eigenvalue weighted by atomic mass is 15.2. The molecule has 1 rings (SSSR count). The fourth-order valence-electron chi connectivity index (χ4n) is 1.57.